The zero-order valence-electron chi connectivity index (χ0n) is 25.8. The molecule has 0 aromatic heterocycles. The fourth-order valence-electron chi connectivity index (χ4n) is 5.35. The minimum absolute atomic E-state index is 0.0510. The predicted octanol–water partition coefficient (Wildman–Crippen LogP) is 5.44. The minimum Gasteiger partial charge on any atom is -0.444 e. The second kappa shape index (κ2) is 17.0. The van der Waals surface area contributed by atoms with Crippen LogP contribution in [-0.4, -0.2) is 52.9 Å². The Balaban J connectivity index is 2.45. The van der Waals surface area contributed by atoms with E-state index in [1.54, 1.807) is 20.8 Å². The average molecular weight is 573 g/mol. The summed E-state index contributed by atoms with van der Waals surface area (Å²) in [5.41, 5.74) is 6.31. The molecule has 1 fully saturated rings. The fourth-order valence-corrected chi connectivity index (χ4v) is 5.35. The summed E-state index contributed by atoms with van der Waals surface area (Å²) in [5.74, 6) is -1.52. The molecule has 2 atom stereocenters. The van der Waals surface area contributed by atoms with Crippen LogP contribution in [0.3, 0.4) is 0 Å². The van der Waals surface area contributed by atoms with Crippen molar-refractivity contribution in [1.82, 2.24) is 15.5 Å². The highest BCUT2D eigenvalue weighted by molar-refractivity contribution is 5.94. The van der Waals surface area contributed by atoms with Crippen molar-refractivity contribution in [3.8, 4) is 0 Å². The molecular formula is C32H52N4O5. The number of alkyl carbamates (subject to hydrolysis) is 1. The lowest BCUT2D eigenvalue weighted by molar-refractivity contribution is -0.143. The smallest absolute Gasteiger partial charge is 0.408 e. The van der Waals surface area contributed by atoms with Crippen molar-refractivity contribution in [2.45, 2.75) is 135 Å². The van der Waals surface area contributed by atoms with Crippen LogP contribution in [0.25, 0.3) is 0 Å². The van der Waals surface area contributed by atoms with Crippen LogP contribution in [0.2, 0.25) is 0 Å². The summed E-state index contributed by atoms with van der Waals surface area (Å²) in [5, 5.41) is 5.77. The molecule has 1 saturated carbocycles. The van der Waals surface area contributed by atoms with E-state index < -0.39 is 42.0 Å². The molecule has 4 amide bonds. The zero-order chi connectivity index (χ0) is 30.4. The first-order valence-corrected chi connectivity index (χ1v) is 15.4. The van der Waals surface area contributed by atoms with Crippen LogP contribution in [-0.2, 0) is 19.1 Å². The van der Waals surface area contributed by atoms with Crippen LogP contribution in [0.15, 0.2) is 24.3 Å². The Kier molecular flexibility index (Phi) is 14.1. The van der Waals surface area contributed by atoms with Crippen LogP contribution in [0.4, 0.5) is 4.79 Å². The Bertz CT molecular complexity index is 1000. The average Bonchev–Trinajstić information content (AvgIpc) is 2.89. The van der Waals surface area contributed by atoms with Gasteiger partial charge in [-0.15, -0.1) is 0 Å². The van der Waals surface area contributed by atoms with Crippen LogP contribution < -0.4 is 16.4 Å². The lowest BCUT2D eigenvalue weighted by Gasteiger charge is -2.36. The third-order valence-electron chi connectivity index (χ3n) is 7.42. The number of hydrogen-bond acceptors (Lipinski definition) is 5. The number of amides is 4. The van der Waals surface area contributed by atoms with E-state index in [4.69, 9.17) is 10.5 Å². The number of hydrogen-bond donors (Lipinski definition) is 3. The first kappa shape index (κ1) is 34.1. The SMILES string of the molecule is CCCCCCCCN(C(=O)C(CC(N)=O)NC(=O)OC(C)(C)C)C(C(=O)NC1CCCCC1)c1ccccc1C. The lowest BCUT2D eigenvalue weighted by atomic mass is 9.93. The molecule has 9 nitrogen and oxygen atoms in total. The normalized spacial score (nSPS) is 15.4. The van der Waals surface area contributed by atoms with Gasteiger partial charge in [-0.05, 0) is 58.1 Å². The number of carbonyl (C=O) groups is 4. The number of benzene rings is 1. The standard InChI is InChI=1S/C32H52N4O5/c1-6-7-8-9-10-16-21-36(30(39)26(22-27(33)37)35-31(40)41-32(3,4)5)28(25-20-15-14-17-23(25)2)29(38)34-24-18-12-11-13-19-24/h14-15,17,20,24,26,28H,6-13,16,18-19,21-22H2,1-5H3,(H2,33,37)(H,34,38)(H,35,40). The predicted molar refractivity (Wildman–Crippen MR) is 161 cm³/mol. The molecule has 1 aliphatic rings. The van der Waals surface area contributed by atoms with Crippen LogP contribution in [0.1, 0.15) is 122 Å². The van der Waals surface area contributed by atoms with Gasteiger partial charge >= 0.3 is 6.09 Å². The summed E-state index contributed by atoms with van der Waals surface area (Å²) in [4.78, 5) is 54.5. The van der Waals surface area contributed by atoms with E-state index in [1.807, 2.05) is 31.2 Å². The number of aryl methyl sites for hydroxylation is 1. The molecule has 1 aliphatic carbocycles. The number of ether oxygens (including phenoxy) is 1. The third kappa shape index (κ3) is 12.1. The molecule has 2 rings (SSSR count). The minimum atomic E-state index is -1.27. The Morgan fingerprint density at radius 1 is 1.00 bits per heavy atom. The number of nitrogens with one attached hydrogen (secondary N) is 2. The number of nitrogens with zero attached hydrogens (tertiary/aromatic N) is 1. The highest BCUT2D eigenvalue weighted by atomic mass is 16.6. The maximum absolute atomic E-state index is 14.2. The molecular weight excluding hydrogens is 520 g/mol. The molecule has 1 aromatic rings. The van der Waals surface area contributed by atoms with Crippen LogP contribution in [0, 0.1) is 6.92 Å². The molecule has 0 radical (unpaired) electrons. The van der Waals surface area contributed by atoms with Crippen molar-refractivity contribution in [2.75, 3.05) is 6.54 Å². The van der Waals surface area contributed by atoms with Crippen LogP contribution in [0.5, 0.6) is 0 Å². The Morgan fingerprint density at radius 2 is 1.63 bits per heavy atom. The van der Waals surface area contributed by atoms with Gasteiger partial charge in [0.25, 0.3) is 0 Å². The second-order valence-corrected chi connectivity index (χ2v) is 12.3. The van der Waals surface area contributed by atoms with Gasteiger partial charge in [0.1, 0.15) is 17.7 Å². The number of primary amides is 1. The Morgan fingerprint density at radius 3 is 2.24 bits per heavy atom. The second-order valence-electron chi connectivity index (χ2n) is 12.3. The summed E-state index contributed by atoms with van der Waals surface area (Å²) in [7, 11) is 0. The summed E-state index contributed by atoms with van der Waals surface area (Å²) >= 11 is 0. The number of nitrogens with two attached hydrogens (primary N) is 1. The maximum Gasteiger partial charge on any atom is 0.408 e. The van der Waals surface area contributed by atoms with Gasteiger partial charge in [-0.3, -0.25) is 14.4 Å². The van der Waals surface area contributed by atoms with E-state index in [9.17, 15) is 19.2 Å². The number of unbranched alkanes of at least 4 members (excludes halogenated alkanes) is 5. The molecule has 0 aliphatic heterocycles. The third-order valence-corrected chi connectivity index (χ3v) is 7.42. The van der Waals surface area contributed by atoms with E-state index in [0.29, 0.717) is 13.0 Å². The van der Waals surface area contributed by atoms with Crippen molar-refractivity contribution >= 4 is 23.8 Å². The monoisotopic (exact) mass is 572 g/mol. The molecule has 0 saturated heterocycles. The molecule has 0 heterocycles. The van der Waals surface area contributed by atoms with Gasteiger partial charge in [-0.1, -0.05) is 82.6 Å². The lowest BCUT2D eigenvalue weighted by Crippen LogP contribution is -2.55. The van der Waals surface area contributed by atoms with E-state index in [0.717, 1.165) is 75.3 Å². The van der Waals surface area contributed by atoms with Gasteiger partial charge in [-0.2, -0.15) is 0 Å². The molecule has 41 heavy (non-hydrogen) atoms. The molecule has 1 aromatic carbocycles. The first-order valence-electron chi connectivity index (χ1n) is 15.4. The summed E-state index contributed by atoms with van der Waals surface area (Å²) in [6, 6.07) is 5.41. The van der Waals surface area contributed by atoms with Crippen molar-refractivity contribution in [2.24, 2.45) is 5.73 Å². The van der Waals surface area contributed by atoms with Crippen molar-refractivity contribution in [3.05, 3.63) is 35.4 Å². The largest absolute Gasteiger partial charge is 0.444 e. The number of rotatable bonds is 15. The van der Waals surface area contributed by atoms with Gasteiger partial charge in [0, 0.05) is 12.6 Å². The van der Waals surface area contributed by atoms with Crippen molar-refractivity contribution < 1.29 is 23.9 Å². The van der Waals surface area contributed by atoms with Gasteiger partial charge in [-0.25, -0.2) is 4.79 Å². The summed E-state index contributed by atoms with van der Waals surface area (Å²) < 4.78 is 5.38. The van der Waals surface area contributed by atoms with Gasteiger partial charge < -0.3 is 26.0 Å². The van der Waals surface area contributed by atoms with Crippen molar-refractivity contribution in [1.29, 1.82) is 0 Å². The fraction of sp³-hybridized carbons (Fsp3) is 0.688. The topological polar surface area (TPSA) is 131 Å². The Hall–Kier alpha value is -3.10. The maximum atomic E-state index is 14.2. The molecule has 230 valence electrons. The zero-order valence-corrected chi connectivity index (χ0v) is 25.8. The highest BCUT2D eigenvalue weighted by Gasteiger charge is 2.38. The van der Waals surface area contributed by atoms with E-state index >= 15 is 0 Å². The van der Waals surface area contributed by atoms with E-state index in [2.05, 4.69) is 17.6 Å². The van der Waals surface area contributed by atoms with Gasteiger partial charge in [0.15, 0.2) is 0 Å². The Labute approximate surface area is 246 Å². The molecule has 2 unspecified atom stereocenters. The quantitative estimate of drug-likeness (QED) is 0.241. The van der Waals surface area contributed by atoms with Gasteiger partial charge in [0.05, 0.1) is 6.42 Å². The molecule has 9 heteroatoms. The van der Waals surface area contributed by atoms with Crippen LogP contribution >= 0.6 is 0 Å². The number of carbonyl (C=O) groups excluding carboxylic acids is 4. The van der Waals surface area contributed by atoms with E-state index in [1.165, 1.54) is 4.90 Å². The first-order chi connectivity index (χ1) is 19.4. The molecule has 0 bridgehead atoms. The van der Waals surface area contributed by atoms with Crippen molar-refractivity contribution in [3.63, 3.8) is 0 Å². The summed E-state index contributed by atoms with van der Waals surface area (Å²) in [6.07, 6.45) is 9.85. The van der Waals surface area contributed by atoms with Gasteiger partial charge in [0.2, 0.25) is 17.7 Å². The highest BCUT2D eigenvalue weighted by Crippen LogP contribution is 2.28. The summed E-state index contributed by atoms with van der Waals surface area (Å²) in [6.45, 7) is 9.52. The van der Waals surface area contributed by atoms with E-state index in [-0.39, 0.29) is 11.9 Å². The molecule has 4 N–H and O–H groups in total. The molecule has 0 spiro atoms.